The van der Waals surface area contributed by atoms with Gasteiger partial charge in [-0.05, 0) is 93.0 Å². The smallest absolute Gasteiger partial charge is 0.00179 e. The maximum atomic E-state index is 3.65. The van der Waals surface area contributed by atoms with Crippen LogP contribution in [-0.4, -0.2) is 13.1 Å². The Kier molecular flexibility index (Phi) is 6.59. The maximum absolute atomic E-state index is 3.65. The Morgan fingerprint density at radius 3 is 2.19 bits per heavy atom. The highest BCUT2D eigenvalue weighted by Gasteiger charge is 2.38. The van der Waals surface area contributed by atoms with E-state index in [1.54, 1.807) is 0 Å². The molecule has 0 bridgehead atoms. The highest BCUT2D eigenvalue weighted by Crippen LogP contribution is 2.47. The van der Waals surface area contributed by atoms with Gasteiger partial charge < -0.3 is 5.32 Å². The average molecular weight is 294 g/mol. The molecule has 2 fully saturated rings. The van der Waals surface area contributed by atoms with Crippen LogP contribution < -0.4 is 5.32 Å². The van der Waals surface area contributed by atoms with Crippen molar-refractivity contribution in [2.75, 3.05) is 13.1 Å². The highest BCUT2D eigenvalue weighted by atomic mass is 14.8. The van der Waals surface area contributed by atoms with Crippen LogP contribution >= 0.6 is 0 Å². The van der Waals surface area contributed by atoms with Crippen molar-refractivity contribution in [1.82, 2.24) is 5.32 Å². The molecule has 2 aliphatic rings. The van der Waals surface area contributed by atoms with Crippen LogP contribution in [0.4, 0.5) is 0 Å². The molecule has 2 saturated carbocycles. The first-order valence-corrected chi connectivity index (χ1v) is 9.71. The second kappa shape index (κ2) is 7.99. The van der Waals surface area contributed by atoms with Gasteiger partial charge in [0.25, 0.3) is 0 Å². The van der Waals surface area contributed by atoms with Gasteiger partial charge in [-0.2, -0.15) is 0 Å². The van der Waals surface area contributed by atoms with Gasteiger partial charge >= 0.3 is 0 Å². The molecule has 124 valence electrons. The van der Waals surface area contributed by atoms with Crippen molar-refractivity contribution in [3.63, 3.8) is 0 Å². The molecule has 0 radical (unpaired) electrons. The predicted molar refractivity (Wildman–Crippen MR) is 93.4 cm³/mol. The molecule has 0 saturated heterocycles. The molecule has 1 heteroatoms. The van der Waals surface area contributed by atoms with Crippen molar-refractivity contribution < 1.29 is 0 Å². The SMILES string of the molecule is CCNCC1CCC(C(C)C)CC1C1CC(C)CC(C)C1. The third kappa shape index (κ3) is 4.71. The van der Waals surface area contributed by atoms with Crippen molar-refractivity contribution >= 4 is 0 Å². The Morgan fingerprint density at radius 2 is 1.62 bits per heavy atom. The fraction of sp³-hybridized carbons (Fsp3) is 1.00. The normalized spacial score (nSPS) is 41.4. The second-order valence-electron chi connectivity index (χ2n) is 8.73. The molecular formula is C20H39N. The maximum Gasteiger partial charge on any atom is -0.00179 e. The van der Waals surface area contributed by atoms with Crippen LogP contribution in [0.15, 0.2) is 0 Å². The first-order chi connectivity index (χ1) is 10.0. The third-order valence-electron chi connectivity index (χ3n) is 6.51. The second-order valence-corrected chi connectivity index (χ2v) is 8.73. The van der Waals surface area contributed by atoms with Crippen molar-refractivity contribution in [2.24, 2.45) is 41.4 Å². The van der Waals surface area contributed by atoms with Gasteiger partial charge in [0, 0.05) is 0 Å². The quantitative estimate of drug-likeness (QED) is 0.720. The summed E-state index contributed by atoms with van der Waals surface area (Å²) in [4.78, 5) is 0. The van der Waals surface area contributed by atoms with E-state index in [-0.39, 0.29) is 0 Å². The van der Waals surface area contributed by atoms with Crippen molar-refractivity contribution in [1.29, 1.82) is 0 Å². The third-order valence-corrected chi connectivity index (χ3v) is 6.51. The van der Waals surface area contributed by atoms with Gasteiger partial charge in [-0.3, -0.25) is 0 Å². The van der Waals surface area contributed by atoms with Crippen LogP contribution in [-0.2, 0) is 0 Å². The van der Waals surface area contributed by atoms with Crippen LogP contribution in [0.5, 0.6) is 0 Å². The van der Waals surface area contributed by atoms with Gasteiger partial charge in [0.05, 0.1) is 0 Å². The fourth-order valence-electron chi connectivity index (χ4n) is 5.43. The van der Waals surface area contributed by atoms with E-state index in [9.17, 15) is 0 Å². The topological polar surface area (TPSA) is 12.0 Å². The van der Waals surface area contributed by atoms with Crippen LogP contribution in [0, 0.1) is 41.4 Å². The summed E-state index contributed by atoms with van der Waals surface area (Å²) < 4.78 is 0. The van der Waals surface area contributed by atoms with Gasteiger partial charge in [0.15, 0.2) is 0 Å². The minimum Gasteiger partial charge on any atom is -0.317 e. The molecule has 0 aliphatic heterocycles. The Balaban J connectivity index is 2.04. The highest BCUT2D eigenvalue weighted by molar-refractivity contribution is 4.89. The first kappa shape index (κ1) is 17.3. The average Bonchev–Trinajstić information content (AvgIpc) is 2.43. The zero-order valence-electron chi connectivity index (χ0n) is 15.2. The van der Waals surface area contributed by atoms with Crippen LogP contribution in [0.25, 0.3) is 0 Å². The van der Waals surface area contributed by atoms with E-state index in [1.807, 2.05) is 0 Å². The van der Waals surface area contributed by atoms with E-state index in [0.717, 1.165) is 48.0 Å². The van der Waals surface area contributed by atoms with E-state index in [4.69, 9.17) is 0 Å². The standard InChI is InChI=1S/C20H39N/c1-6-21-13-18-8-7-17(14(2)3)12-20(18)19-10-15(4)9-16(5)11-19/h14-21H,6-13H2,1-5H3. The molecule has 0 aromatic heterocycles. The molecule has 2 rings (SSSR count). The summed E-state index contributed by atoms with van der Waals surface area (Å²) in [5.74, 6) is 6.73. The molecule has 5 unspecified atom stereocenters. The molecule has 0 aromatic rings. The Labute approximate surface area is 133 Å². The molecule has 1 N–H and O–H groups in total. The molecule has 2 aliphatic carbocycles. The van der Waals surface area contributed by atoms with Crippen molar-refractivity contribution in [3.05, 3.63) is 0 Å². The van der Waals surface area contributed by atoms with Gasteiger partial charge in [-0.15, -0.1) is 0 Å². The van der Waals surface area contributed by atoms with Gasteiger partial charge in [-0.25, -0.2) is 0 Å². The van der Waals surface area contributed by atoms with Crippen LogP contribution in [0.3, 0.4) is 0 Å². The predicted octanol–water partition coefficient (Wildman–Crippen LogP) is 5.36. The Bertz CT molecular complexity index is 288. The van der Waals surface area contributed by atoms with Crippen LogP contribution in [0.1, 0.15) is 73.1 Å². The van der Waals surface area contributed by atoms with E-state index in [1.165, 1.54) is 45.1 Å². The molecule has 0 heterocycles. The van der Waals surface area contributed by atoms with Crippen molar-refractivity contribution in [3.8, 4) is 0 Å². The summed E-state index contributed by atoms with van der Waals surface area (Å²) in [6.45, 7) is 14.5. The van der Waals surface area contributed by atoms with Gasteiger partial charge in [0.1, 0.15) is 0 Å². The lowest BCUT2D eigenvalue weighted by atomic mass is 9.61. The van der Waals surface area contributed by atoms with Crippen molar-refractivity contribution in [2.45, 2.75) is 73.1 Å². The minimum absolute atomic E-state index is 0.881. The number of nitrogens with one attached hydrogen (secondary N) is 1. The Morgan fingerprint density at radius 1 is 0.952 bits per heavy atom. The fourth-order valence-corrected chi connectivity index (χ4v) is 5.43. The van der Waals surface area contributed by atoms with Crippen LogP contribution in [0.2, 0.25) is 0 Å². The molecule has 0 aromatic carbocycles. The number of rotatable bonds is 5. The minimum atomic E-state index is 0.881. The summed E-state index contributed by atoms with van der Waals surface area (Å²) in [6.07, 6.45) is 8.93. The largest absolute Gasteiger partial charge is 0.317 e. The van der Waals surface area contributed by atoms with E-state index < -0.39 is 0 Å². The summed E-state index contributed by atoms with van der Waals surface area (Å²) in [5.41, 5.74) is 0. The summed E-state index contributed by atoms with van der Waals surface area (Å²) >= 11 is 0. The zero-order valence-corrected chi connectivity index (χ0v) is 15.2. The molecular weight excluding hydrogens is 254 g/mol. The number of hydrogen-bond acceptors (Lipinski definition) is 1. The first-order valence-electron chi connectivity index (χ1n) is 9.71. The summed E-state index contributed by atoms with van der Waals surface area (Å²) in [5, 5.41) is 3.65. The molecule has 0 spiro atoms. The summed E-state index contributed by atoms with van der Waals surface area (Å²) in [7, 11) is 0. The lowest BCUT2D eigenvalue weighted by molar-refractivity contribution is 0.0545. The molecule has 5 atom stereocenters. The van der Waals surface area contributed by atoms with Gasteiger partial charge in [-0.1, -0.05) is 34.6 Å². The lowest BCUT2D eigenvalue weighted by Crippen LogP contribution is -2.40. The van der Waals surface area contributed by atoms with E-state index >= 15 is 0 Å². The van der Waals surface area contributed by atoms with E-state index in [0.29, 0.717) is 0 Å². The molecule has 0 amide bonds. The molecule has 1 nitrogen and oxygen atoms in total. The monoisotopic (exact) mass is 293 g/mol. The number of hydrogen-bond donors (Lipinski definition) is 1. The zero-order chi connectivity index (χ0) is 15.4. The van der Waals surface area contributed by atoms with Gasteiger partial charge in [0.2, 0.25) is 0 Å². The lowest BCUT2D eigenvalue weighted by Gasteiger charge is -2.45. The van der Waals surface area contributed by atoms with E-state index in [2.05, 4.69) is 39.9 Å². The molecule has 21 heavy (non-hydrogen) atoms. The summed E-state index contributed by atoms with van der Waals surface area (Å²) in [6, 6.07) is 0. The Hall–Kier alpha value is -0.0400.